The fourth-order valence-corrected chi connectivity index (χ4v) is 2.36. The average molecular weight is 254 g/mol. The van der Waals surface area contributed by atoms with Crippen LogP contribution in [0.1, 0.15) is 35.2 Å². The van der Waals surface area contributed by atoms with Crippen LogP contribution in [0.25, 0.3) is 0 Å². The van der Waals surface area contributed by atoms with Crippen molar-refractivity contribution in [2.24, 2.45) is 0 Å². The summed E-state index contributed by atoms with van der Waals surface area (Å²) in [6.45, 7) is 4.33. The molecule has 2 nitrogen and oxygen atoms in total. The molecule has 0 aliphatic heterocycles. The predicted molar refractivity (Wildman–Crippen MR) is 80.3 cm³/mol. The van der Waals surface area contributed by atoms with Gasteiger partial charge in [0.2, 0.25) is 0 Å². The molecule has 2 heteroatoms. The molecule has 100 valence electrons. The summed E-state index contributed by atoms with van der Waals surface area (Å²) in [6.07, 6.45) is 5.91. The van der Waals surface area contributed by atoms with Crippen LogP contribution >= 0.6 is 0 Å². The van der Waals surface area contributed by atoms with E-state index in [9.17, 15) is 0 Å². The van der Waals surface area contributed by atoms with Gasteiger partial charge in [0.05, 0.1) is 0 Å². The molecular weight excluding hydrogens is 232 g/mol. The molecule has 0 saturated carbocycles. The highest BCUT2D eigenvalue weighted by Crippen LogP contribution is 2.20. The highest BCUT2D eigenvalue weighted by Gasteiger charge is 2.12. The zero-order valence-electron chi connectivity index (χ0n) is 12.0. The molecule has 1 unspecified atom stereocenters. The Morgan fingerprint density at radius 2 is 1.79 bits per heavy atom. The third kappa shape index (κ3) is 3.42. The van der Waals surface area contributed by atoms with Crippen LogP contribution < -0.4 is 5.32 Å². The second kappa shape index (κ2) is 6.48. The van der Waals surface area contributed by atoms with Crippen LogP contribution in [0.2, 0.25) is 0 Å². The molecule has 2 aromatic rings. The van der Waals surface area contributed by atoms with E-state index in [-0.39, 0.29) is 0 Å². The van der Waals surface area contributed by atoms with Gasteiger partial charge in [-0.1, -0.05) is 31.2 Å². The lowest BCUT2D eigenvalue weighted by molar-refractivity contribution is 0.586. The molecule has 0 aliphatic rings. The van der Waals surface area contributed by atoms with Crippen molar-refractivity contribution in [3.05, 3.63) is 65.0 Å². The smallest absolute Gasteiger partial charge is 0.0376 e. The van der Waals surface area contributed by atoms with Gasteiger partial charge >= 0.3 is 0 Å². The first-order valence-corrected chi connectivity index (χ1v) is 6.90. The normalized spacial score (nSPS) is 12.4. The summed E-state index contributed by atoms with van der Waals surface area (Å²) in [7, 11) is 2.01. The fourth-order valence-electron chi connectivity index (χ4n) is 2.36. The Bertz CT molecular complexity index is 517. The Kier molecular flexibility index (Phi) is 4.69. The molecule has 1 aromatic carbocycles. The minimum Gasteiger partial charge on any atom is -0.313 e. The van der Waals surface area contributed by atoms with Gasteiger partial charge < -0.3 is 5.32 Å². The van der Waals surface area contributed by atoms with Crippen LogP contribution in [0.3, 0.4) is 0 Å². The number of likely N-dealkylation sites (N-methyl/N-ethyl adjacent to an activating group) is 1. The maximum Gasteiger partial charge on any atom is 0.0376 e. The third-order valence-electron chi connectivity index (χ3n) is 3.67. The molecule has 0 amide bonds. The maximum absolute atomic E-state index is 4.24. The Hall–Kier alpha value is -1.67. The van der Waals surface area contributed by atoms with Crippen LogP contribution in [0.15, 0.2) is 42.7 Å². The first-order valence-electron chi connectivity index (χ1n) is 6.90. The summed E-state index contributed by atoms with van der Waals surface area (Å²) in [5, 5.41) is 3.40. The molecule has 1 atom stereocenters. The Morgan fingerprint density at radius 3 is 2.37 bits per heavy atom. The zero-order valence-corrected chi connectivity index (χ0v) is 12.0. The van der Waals surface area contributed by atoms with Crippen LogP contribution in [-0.2, 0) is 12.8 Å². The highest BCUT2D eigenvalue weighted by molar-refractivity contribution is 5.29. The molecule has 0 bridgehead atoms. The zero-order chi connectivity index (χ0) is 13.7. The molecule has 0 spiro atoms. The van der Waals surface area contributed by atoms with Gasteiger partial charge in [0.15, 0.2) is 0 Å². The molecule has 0 fully saturated rings. The summed E-state index contributed by atoms with van der Waals surface area (Å²) in [6, 6.07) is 11.3. The van der Waals surface area contributed by atoms with Crippen molar-refractivity contribution < 1.29 is 0 Å². The standard InChI is InChI=1S/C17H22N2/c1-4-14-5-7-15(8-6-14)11-17(18-3)16-12-19-10-9-13(16)2/h5-10,12,17-18H,4,11H2,1-3H3. The number of hydrogen-bond donors (Lipinski definition) is 1. The van der Waals surface area contributed by atoms with Gasteiger partial charge in [0.25, 0.3) is 0 Å². The van der Waals surface area contributed by atoms with Crippen LogP contribution in [-0.4, -0.2) is 12.0 Å². The lowest BCUT2D eigenvalue weighted by Crippen LogP contribution is -2.20. The summed E-state index contributed by atoms with van der Waals surface area (Å²) in [4.78, 5) is 4.24. The van der Waals surface area contributed by atoms with E-state index in [1.54, 1.807) is 0 Å². The van der Waals surface area contributed by atoms with Crippen molar-refractivity contribution in [1.29, 1.82) is 0 Å². The van der Waals surface area contributed by atoms with Crippen LogP contribution in [0.5, 0.6) is 0 Å². The Labute approximate surface area is 115 Å². The van der Waals surface area contributed by atoms with Gasteiger partial charge in [-0.25, -0.2) is 0 Å². The number of rotatable bonds is 5. The molecular formula is C17H22N2. The Morgan fingerprint density at radius 1 is 1.11 bits per heavy atom. The van der Waals surface area contributed by atoms with Crippen LogP contribution in [0.4, 0.5) is 0 Å². The van der Waals surface area contributed by atoms with Crippen molar-refractivity contribution in [2.75, 3.05) is 7.05 Å². The fraction of sp³-hybridized carbons (Fsp3) is 0.353. The molecule has 0 radical (unpaired) electrons. The molecule has 0 saturated heterocycles. The van der Waals surface area contributed by atoms with E-state index >= 15 is 0 Å². The van der Waals surface area contributed by atoms with Gasteiger partial charge in [0, 0.05) is 18.4 Å². The minimum absolute atomic E-state index is 0.321. The number of aromatic nitrogens is 1. The van der Waals surface area contributed by atoms with Crippen molar-refractivity contribution in [1.82, 2.24) is 10.3 Å². The highest BCUT2D eigenvalue weighted by atomic mass is 14.9. The van der Waals surface area contributed by atoms with Crippen LogP contribution in [0, 0.1) is 6.92 Å². The number of benzene rings is 1. The topological polar surface area (TPSA) is 24.9 Å². The molecule has 1 aromatic heterocycles. The van der Waals surface area contributed by atoms with Gasteiger partial charge in [-0.15, -0.1) is 0 Å². The molecule has 0 aliphatic carbocycles. The third-order valence-corrected chi connectivity index (χ3v) is 3.67. The quantitative estimate of drug-likeness (QED) is 0.884. The molecule has 19 heavy (non-hydrogen) atoms. The molecule has 1 heterocycles. The SMILES string of the molecule is CCc1ccc(CC(NC)c2cnccc2C)cc1. The monoisotopic (exact) mass is 254 g/mol. The van der Waals surface area contributed by atoms with Gasteiger partial charge in [-0.2, -0.15) is 0 Å². The maximum atomic E-state index is 4.24. The van der Waals surface area contributed by atoms with E-state index < -0.39 is 0 Å². The summed E-state index contributed by atoms with van der Waals surface area (Å²) in [5.74, 6) is 0. The lowest BCUT2D eigenvalue weighted by Gasteiger charge is -2.18. The minimum atomic E-state index is 0.321. The van der Waals surface area contributed by atoms with Gasteiger partial charge in [0.1, 0.15) is 0 Å². The van der Waals surface area contributed by atoms with Gasteiger partial charge in [-0.05, 0) is 55.1 Å². The number of nitrogens with zero attached hydrogens (tertiary/aromatic N) is 1. The number of hydrogen-bond acceptors (Lipinski definition) is 2. The Balaban J connectivity index is 2.17. The summed E-state index contributed by atoms with van der Waals surface area (Å²) >= 11 is 0. The largest absolute Gasteiger partial charge is 0.313 e. The molecule has 1 N–H and O–H groups in total. The lowest BCUT2D eigenvalue weighted by atomic mass is 9.96. The summed E-state index contributed by atoms with van der Waals surface area (Å²) in [5.41, 5.74) is 5.33. The summed E-state index contributed by atoms with van der Waals surface area (Å²) < 4.78 is 0. The van der Waals surface area contributed by atoms with Gasteiger partial charge in [-0.3, -0.25) is 4.98 Å². The van der Waals surface area contributed by atoms with Crippen molar-refractivity contribution in [3.8, 4) is 0 Å². The van der Waals surface area contributed by atoms with E-state index in [1.165, 1.54) is 22.3 Å². The van der Waals surface area contributed by atoms with Crippen molar-refractivity contribution in [3.63, 3.8) is 0 Å². The first-order chi connectivity index (χ1) is 9.24. The number of pyridine rings is 1. The van der Waals surface area contributed by atoms with E-state index in [4.69, 9.17) is 0 Å². The second-order valence-electron chi connectivity index (χ2n) is 4.95. The molecule has 2 rings (SSSR count). The van der Waals surface area contributed by atoms with E-state index in [0.29, 0.717) is 6.04 Å². The predicted octanol–water partition coefficient (Wildman–Crippen LogP) is 3.46. The number of aryl methyl sites for hydroxylation is 2. The second-order valence-corrected chi connectivity index (χ2v) is 4.95. The average Bonchev–Trinajstić information content (AvgIpc) is 2.46. The van der Waals surface area contributed by atoms with Crippen molar-refractivity contribution in [2.45, 2.75) is 32.7 Å². The van der Waals surface area contributed by atoms with E-state index in [1.807, 2.05) is 19.4 Å². The first kappa shape index (κ1) is 13.8. The number of nitrogens with one attached hydrogen (secondary N) is 1. The van der Waals surface area contributed by atoms with E-state index in [2.05, 4.69) is 54.5 Å². The van der Waals surface area contributed by atoms with E-state index in [0.717, 1.165) is 12.8 Å². The van der Waals surface area contributed by atoms with Crippen molar-refractivity contribution >= 4 is 0 Å².